The van der Waals surface area contributed by atoms with E-state index in [9.17, 15) is 4.79 Å². The Morgan fingerprint density at radius 2 is 1.92 bits per heavy atom. The normalized spacial score (nSPS) is 23.1. The lowest BCUT2D eigenvalue weighted by Crippen LogP contribution is -2.42. The number of benzene rings is 2. The van der Waals surface area contributed by atoms with E-state index in [0.29, 0.717) is 17.1 Å². The fourth-order valence-electron chi connectivity index (χ4n) is 4.53. The van der Waals surface area contributed by atoms with Crippen LogP contribution in [0.1, 0.15) is 34.8 Å². The van der Waals surface area contributed by atoms with Crippen LogP contribution < -0.4 is 0 Å². The molecule has 2 aliphatic heterocycles. The third-order valence-electron chi connectivity index (χ3n) is 5.89. The number of carbonyl (C=O) groups is 1. The van der Waals surface area contributed by atoms with Crippen molar-refractivity contribution in [3.8, 4) is 0 Å². The highest BCUT2D eigenvalue weighted by Gasteiger charge is 2.42. The molecule has 2 aliphatic rings. The first-order chi connectivity index (χ1) is 12.6. The van der Waals surface area contributed by atoms with E-state index in [2.05, 4.69) is 36.1 Å². The largest absolute Gasteiger partial charge is 0.334 e. The Labute approximate surface area is 160 Å². The minimum atomic E-state index is 0.0820. The molecule has 2 aromatic rings. The number of hydrogen-bond donors (Lipinski definition) is 0. The van der Waals surface area contributed by atoms with Crippen LogP contribution in [0.15, 0.2) is 48.5 Å². The maximum absolute atomic E-state index is 13.3. The van der Waals surface area contributed by atoms with E-state index in [4.69, 9.17) is 11.6 Å². The molecule has 136 valence electrons. The molecule has 1 atom stereocenters. The Morgan fingerprint density at radius 3 is 2.65 bits per heavy atom. The summed E-state index contributed by atoms with van der Waals surface area (Å²) < 4.78 is 0. The van der Waals surface area contributed by atoms with Crippen LogP contribution in [0.4, 0.5) is 0 Å². The Bertz CT molecular complexity index is 821. The highest BCUT2D eigenvalue weighted by Crippen LogP contribution is 2.39. The van der Waals surface area contributed by atoms with Gasteiger partial charge in [0, 0.05) is 35.6 Å². The standard InChI is InChI=1S/C22H25ClN2O/c1-2-24-11-10-22(15-24)13-18-6-3-4-7-19(18)14-25(16-22)21(26)17-8-5-9-20(23)12-17/h3-9,12H,2,10-11,13-16H2,1H3. The number of fused-ring (bicyclic) bond motifs is 1. The first kappa shape index (κ1) is 17.6. The van der Waals surface area contributed by atoms with Gasteiger partial charge in [-0.1, -0.05) is 48.9 Å². The lowest BCUT2D eigenvalue weighted by atomic mass is 9.80. The third kappa shape index (κ3) is 3.38. The van der Waals surface area contributed by atoms with Gasteiger partial charge in [-0.2, -0.15) is 0 Å². The molecule has 1 saturated heterocycles. The molecule has 3 nitrogen and oxygen atoms in total. The molecule has 26 heavy (non-hydrogen) atoms. The average molecular weight is 369 g/mol. The third-order valence-corrected chi connectivity index (χ3v) is 6.13. The quantitative estimate of drug-likeness (QED) is 0.791. The van der Waals surface area contributed by atoms with Gasteiger partial charge in [0.15, 0.2) is 0 Å². The van der Waals surface area contributed by atoms with Gasteiger partial charge in [0.25, 0.3) is 5.91 Å². The van der Waals surface area contributed by atoms with Gasteiger partial charge >= 0.3 is 0 Å². The van der Waals surface area contributed by atoms with Gasteiger partial charge in [-0.15, -0.1) is 0 Å². The summed E-state index contributed by atoms with van der Waals surface area (Å²) in [5, 5.41) is 0.610. The molecule has 0 aliphatic carbocycles. The van der Waals surface area contributed by atoms with Crippen LogP contribution in [0.25, 0.3) is 0 Å². The molecule has 4 heteroatoms. The number of amides is 1. The number of hydrogen-bond acceptors (Lipinski definition) is 2. The van der Waals surface area contributed by atoms with E-state index in [1.807, 2.05) is 23.1 Å². The number of likely N-dealkylation sites (tertiary alicyclic amines) is 1. The second-order valence-electron chi connectivity index (χ2n) is 7.74. The van der Waals surface area contributed by atoms with Gasteiger partial charge < -0.3 is 9.80 Å². The maximum Gasteiger partial charge on any atom is 0.254 e. The Kier molecular flexibility index (Phi) is 4.76. The minimum Gasteiger partial charge on any atom is -0.334 e. The molecule has 0 bridgehead atoms. The summed E-state index contributed by atoms with van der Waals surface area (Å²) in [6.45, 7) is 6.97. The number of halogens is 1. The molecule has 4 rings (SSSR count). The zero-order valence-electron chi connectivity index (χ0n) is 15.2. The highest BCUT2D eigenvalue weighted by atomic mass is 35.5. The molecular formula is C22H25ClN2O. The second-order valence-corrected chi connectivity index (χ2v) is 8.17. The molecule has 1 spiro atoms. The van der Waals surface area contributed by atoms with Crippen molar-refractivity contribution in [1.82, 2.24) is 9.80 Å². The molecule has 1 amide bonds. The molecule has 0 aromatic heterocycles. The molecule has 2 heterocycles. The summed E-state index contributed by atoms with van der Waals surface area (Å²) in [4.78, 5) is 17.8. The van der Waals surface area contributed by atoms with Crippen LogP contribution in [-0.4, -0.2) is 41.9 Å². The van der Waals surface area contributed by atoms with Crippen molar-refractivity contribution in [2.45, 2.75) is 26.3 Å². The van der Waals surface area contributed by atoms with Crippen molar-refractivity contribution in [2.24, 2.45) is 5.41 Å². The van der Waals surface area contributed by atoms with Crippen molar-refractivity contribution >= 4 is 17.5 Å². The van der Waals surface area contributed by atoms with Crippen molar-refractivity contribution in [2.75, 3.05) is 26.2 Å². The number of carbonyl (C=O) groups excluding carboxylic acids is 1. The van der Waals surface area contributed by atoms with Crippen LogP contribution in [0.2, 0.25) is 5.02 Å². The number of nitrogens with zero attached hydrogens (tertiary/aromatic N) is 2. The molecule has 0 N–H and O–H groups in total. The Morgan fingerprint density at radius 1 is 1.12 bits per heavy atom. The van der Waals surface area contributed by atoms with Crippen molar-refractivity contribution in [3.63, 3.8) is 0 Å². The van der Waals surface area contributed by atoms with E-state index >= 15 is 0 Å². The summed E-state index contributed by atoms with van der Waals surface area (Å²) in [5.74, 6) is 0.0820. The van der Waals surface area contributed by atoms with Gasteiger partial charge in [0.05, 0.1) is 0 Å². The van der Waals surface area contributed by atoms with Crippen molar-refractivity contribution in [1.29, 1.82) is 0 Å². The molecule has 1 fully saturated rings. The predicted molar refractivity (Wildman–Crippen MR) is 106 cm³/mol. The smallest absolute Gasteiger partial charge is 0.254 e. The zero-order valence-corrected chi connectivity index (χ0v) is 16.0. The molecular weight excluding hydrogens is 344 g/mol. The zero-order chi connectivity index (χ0) is 18.1. The van der Waals surface area contributed by atoms with Gasteiger partial charge in [-0.3, -0.25) is 4.79 Å². The maximum atomic E-state index is 13.3. The van der Waals surface area contributed by atoms with Crippen LogP contribution in [0.3, 0.4) is 0 Å². The Hall–Kier alpha value is -1.84. The van der Waals surface area contributed by atoms with E-state index < -0.39 is 0 Å². The lowest BCUT2D eigenvalue weighted by molar-refractivity contribution is 0.0658. The van der Waals surface area contributed by atoms with Crippen LogP contribution >= 0.6 is 11.6 Å². The molecule has 0 saturated carbocycles. The minimum absolute atomic E-state index is 0.0820. The molecule has 1 unspecified atom stereocenters. The van der Waals surface area contributed by atoms with Crippen molar-refractivity contribution in [3.05, 3.63) is 70.2 Å². The van der Waals surface area contributed by atoms with Crippen LogP contribution in [0.5, 0.6) is 0 Å². The summed E-state index contributed by atoms with van der Waals surface area (Å²) >= 11 is 6.12. The SMILES string of the molecule is CCN1CCC2(Cc3ccccc3CN(C(=O)c3cccc(Cl)c3)C2)C1. The molecule has 2 aromatic carbocycles. The van der Waals surface area contributed by atoms with Gasteiger partial charge in [-0.05, 0) is 55.3 Å². The van der Waals surface area contributed by atoms with Gasteiger partial charge in [0.1, 0.15) is 0 Å². The summed E-state index contributed by atoms with van der Waals surface area (Å²) in [5.41, 5.74) is 3.50. The summed E-state index contributed by atoms with van der Waals surface area (Å²) in [7, 11) is 0. The molecule has 0 radical (unpaired) electrons. The monoisotopic (exact) mass is 368 g/mol. The Balaban J connectivity index is 1.69. The first-order valence-electron chi connectivity index (χ1n) is 9.42. The van der Waals surface area contributed by atoms with E-state index in [1.165, 1.54) is 11.1 Å². The van der Waals surface area contributed by atoms with Crippen molar-refractivity contribution < 1.29 is 4.79 Å². The van der Waals surface area contributed by atoms with Gasteiger partial charge in [-0.25, -0.2) is 0 Å². The highest BCUT2D eigenvalue weighted by molar-refractivity contribution is 6.30. The van der Waals surface area contributed by atoms with Crippen LogP contribution in [-0.2, 0) is 13.0 Å². The number of rotatable bonds is 2. The van der Waals surface area contributed by atoms with Gasteiger partial charge in [0.2, 0.25) is 0 Å². The topological polar surface area (TPSA) is 23.6 Å². The van der Waals surface area contributed by atoms with Crippen LogP contribution in [0, 0.1) is 5.41 Å². The first-order valence-corrected chi connectivity index (χ1v) is 9.80. The van der Waals surface area contributed by atoms with E-state index in [-0.39, 0.29) is 11.3 Å². The van der Waals surface area contributed by atoms with E-state index in [1.54, 1.807) is 6.07 Å². The summed E-state index contributed by atoms with van der Waals surface area (Å²) in [6, 6.07) is 15.9. The average Bonchev–Trinajstić information content (AvgIpc) is 2.96. The van der Waals surface area contributed by atoms with E-state index in [0.717, 1.165) is 39.0 Å². The lowest BCUT2D eigenvalue weighted by Gasteiger charge is -2.33. The summed E-state index contributed by atoms with van der Waals surface area (Å²) in [6.07, 6.45) is 2.20. The fourth-order valence-corrected chi connectivity index (χ4v) is 4.72. The predicted octanol–water partition coefficient (Wildman–Crippen LogP) is 4.25. The second kappa shape index (κ2) is 7.05. The fraction of sp³-hybridized carbons (Fsp3) is 0.409.